The van der Waals surface area contributed by atoms with Gasteiger partial charge < -0.3 is 20.5 Å². The van der Waals surface area contributed by atoms with Crippen molar-refractivity contribution in [3.63, 3.8) is 0 Å². The molecule has 1 aromatic carbocycles. The number of alkyl halides is 3. The number of hydrogen-bond donors (Lipinski definition) is 3. The molecule has 2 amide bonds. The van der Waals surface area contributed by atoms with Gasteiger partial charge in [-0.2, -0.15) is 13.2 Å². The van der Waals surface area contributed by atoms with Crippen LogP contribution in [0.5, 0.6) is 5.75 Å². The normalized spacial score (nSPS) is 21.2. The van der Waals surface area contributed by atoms with Gasteiger partial charge in [-0.1, -0.05) is 6.07 Å². The largest absolute Gasteiger partial charge is 0.484 e. The van der Waals surface area contributed by atoms with E-state index in [0.29, 0.717) is 36.9 Å². The molecule has 8 heteroatoms. The molecule has 2 rings (SSSR count). The highest BCUT2D eigenvalue weighted by atomic mass is 19.4. The fourth-order valence-corrected chi connectivity index (χ4v) is 2.63. The van der Waals surface area contributed by atoms with Crippen LogP contribution in [-0.2, 0) is 0 Å². The van der Waals surface area contributed by atoms with E-state index in [1.165, 1.54) is 12.1 Å². The lowest BCUT2D eigenvalue weighted by molar-refractivity contribution is -0.153. The topological polar surface area (TPSA) is 70.6 Å². The zero-order valence-corrected chi connectivity index (χ0v) is 13.3. The average Bonchev–Trinajstić information content (AvgIpc) is 2.49. The number of hydrogen-bond acceptors (Lipinski definition) is 3. The van der Waals surface area contributed by atoms with Crippen molar-refractivity contribution in [2.24, 2.45) is 0 Å². The average molecular weight is 346 g/mol. The molecule has 24 heavy (non-hydrogen) atoms. The fourth-order valence-electron chi connectivity index (χ4n) is 2.63. The monoisotopic (exact) mass is 346 g/mol. The van der Waals surface area contributed by atoms with Crippen LogP contribution in [0.15, 0.2) is 18.2 Å². The van der Waals surface area contributed by atoms with E-state index in [-0.39, 0.29) is 17.9 Å². The lowest BCUT2D eigenvalue weighted by Gasteiger charge is -2.26. The molecular formula is C16H21F3N2O3. The predicted molar refractivity (Wildman–Crippen MR) is 83.1 cm³/mol. The summed E-state index contributed by atoms with van der Waals surface area (Å²) in [5.41, 5.74) is 0.819. The second-order valence-electron chi connectivity index (χ2n) is 5.94. The van der Waals surface area contributed by atoms with Gasteiger partial charge in [0.1, 0.15) is 5.75 Å². The van der Waals surface area contributed by atoms with Gasteiger partial charge in [0.15, 0.2) is 6.61 Å². The predicted octanol–water partition coefficient (Wildman–Crippen LogP) is 3.36. The molecule has 0 bridgehead atoms. The smallest absolute Gasteiger partial charge is 0.422 e. The van der Waals surface area contributed by atoms with Crippen LogP contribution in [-0.4, -0.2) is 36.1 Å². The van der Waals surface area contributed by atoms with Crippen molar-refractivity contribution in [2.45, 2.75) is 50.9 Å². The van der Waals surface area contributed by atoms with Gasteiger partial charge in [0.25, 0.3) is 0 Å². The van der Waals surface area contributed by atoms with Gasteiger partial charge in [0.2, 0.25) is 0 Å². The first-order chi connectivity index (χ1) is 11.2. The summed E-state index contributed by atoms with van der Waals surface area (Å²) in [6, 6.07) is 4.10. The first kappa shape index (κ1) is 18.4. The second kappa shape index (κ2) is 7.74. The summed E-state index contributed by atoms with van der Waals surface area (Å²) in [5, 5.41) is 14.9. The van der Waals surface area contributed by atoms with Gasteiger partial charge >= 0.3 is 12.2 Å². The summed E-state index contributed by atoms with van der Waals surface area (Å²) in [4.78, 5) is 12.0. The number of ether oxygens (including phenoxy) is 1. The lowest BCUT2D eigenvalue weighted by atomic mass is 9.93. The Balaban J connectivity index is 1.93. The number of aliphatic hydroxyl groups is 1. The summed E-state index contributed by atoms with van der Waals surface area (Å²) in [6.45, 7) is 0.201. The van der Waals surface area contributed by atoms with Crippen LogP contribution < -0.4 is 15.4 Å². The van der Waals surface area contributed by atoms with Crippen molar-refractivity contribution in [1.82, 2.24) is 5.32 Å². The molecule has 1 aromatic rings. The second-order valence-corrected chi connectivity index (χ2v) is 5.94. The molecule has 0 saturated heterocycles. The minimum atomic E-state index is -4.42. The number of carbonyl (C=O) groups is 1. The third-order valence-electron chi connectivity index (χ3n) is 3.96. The maximum Gasteiger partial charge on any atom is 0.422 e. The maximum atomic E-state index is 12.2. The number of halogens is 3. The molecular weight excluding hydrogens is 325 g/mol. The molecule has 3 N–H and O–H groups in total. The van der Waals surface area contributed by atoms with Crippen LogP contribution in [0.4, 0.5) is 23.7 Å². The number of amides is 2. The van der Waals surface area contributed by atoms with Crippen LogP contribution in [0.2, 0.25) is 0 Å². The molecule has 1 aliphatic rings. The first-order valence-corrected chi connectivity index (χ1v) is 7.79. The number of aliphatic hydroxyl groups excluding tert-OH is 1. The van der Waals surface area contributed by atoms with Crippen molar-refractivity contribution < 1.29 is 27.8 Å². The molecule has 5 nitrogen and oxygen atoms in total. The molecule has 1 fully saturated rings. The van der Waals surface area contributed by atoms with E-state index in [1.54, 1.807) is 13.0 Å². The van der Waals surface area contributed by atoms with Crippen molar-refractivity contribution >= 4 is 11.7 Å². The Hall–Kier alpha value is -1.96. The highest BCUT2D eigenvalue weighted by Gasteiger charge is 2.29. The minimum Gasteiger partial charge on any atom is -0.484 e. The van der Waals surface area contributed by atoms with Crippen LogP contribution >= 0.6 is 0 Å². The summed E-state index contributed by atoms with van der Waals surface area (Å²) < 4.78 is 41.5. The number of benzene rings is 1. The summed E-state index contributed by atoms with van der Waals surface area (Å²) in [7, 11) is 0. The highest BCUT2D eigenvalue weighted by Crippen LogP contribution is 2.27. The third-order valence-corrected chi connectivity index (χ3v) is 3.96. The first-order valence-electron chi connectivity index (χ1n) is 7.79. The van der Waals surface area contributed by atoms with E-state index in [0.717, 1.165) is 0 Å². The molecule has 0 heterocycles. The Labute approximate surface area is 138 Å². The molecule has 0 spiro atoms. The zero-order valence-electron chi connectivity index (χ0n) is 13.3. The molecule has 0 aliphatic heterocycles. The van der Waals surface area contributed by atoms with Crippen LogP contribution in [0.25, 0.3) is 0 Å². The van der Waals surface area contributed by atoms with E-state index in [4.69, 9.17) is 4.74 Å². The molecule has 0 unspecified atom stereocenters. The highest BCUT2D eigenvalue weighted by molar-refractivity contribution is 5.90. The summed E-state index contributed by atoms with van der Waals surface area (Å²) >= 11 is 0. The molecule has 1 saturated carbocycles. The van der Waals surface area contributed by atoms with Crippen molar-refractivity contribution in [1.29, 1.82) is 0 Å². The Morgan fingerprint density at radius 2 is 1.96 bits per heavy atom. The summed E-state index contributed by atoms with van der Waals surface area (Å²) in [5.74, 6) is 0.0749. The molecule has 0 radical (unpaired) electrons. The fraction of sp³-hybridized carbons (Fsp3) is 0.562. The van der Waals surface area contributed by atoms with E-state index in [1.807, 2.05) is 0 Å². The Bertz CT molecular complexity index is 570. The van der Waals surface area contributed by atoms with Crippen LogP contribution in [0, 0.1) is 6.92 Å². The van der Waals surface area contributed by atoms with Crippen molar-refractivity contribution in [3.8, 4) is 5.75 Å². The third kappa shape index (κ3) is 5.59. The van der Waals surface area contributed by atoms with Gasteiger partial charge in [-0.05, 0) is 44.7 Å². The number of urea groups is 1. The molecule has 134 valence electrons. The number of rotatable bonds is 4. The number of carbonyl (C=O) groups excluding carboxylic acids is 1. The maximum absolute atomic E-state index is 12.2. The Kier molecular flexibility index (Phi) is 5.93. The Morgan fingerprint density at radius 3 is 2.58 bits per heavy atom. The van der Waals surface area contributed by atoms with Gasteiger partial charge in [-0.3, -0.25) is 0 Å². The van der Waals surface area contributed by atoms with Crippen molar-refractivity contribution in [2.75, 3.05) is 11.9 Å². The van der Waals surface area contributed by atoms with Gasteiger partial charge in [-0.25, -0.2) is 4.79 Å². The van der Waals surface area contributed by atoms with Gasteiger partial charge in [0.05, 0.1) is 6.10 Å². The lowest BCUT2D eigenvalue weighted by Crippen LogP contribution is -2.41. The van der Waals surface area contributed by atoms with Crippen molar-refractivity contribution in [3.05, 3.63) is 23.8 Å². The number of nitrogens with one attached hydrogen (secondary N) is 2. The van der Waals surface area contributed by atoms with Gasteiger partial charge in [-0.15, -0.1) is 0 Å². The standard InChI is InChI=1S/C16H21F3N2O3/c1-10-13(3-2-4-14(10)24-9-16(17,18)19)21-15(23)20-11-5-7-12(22)8-6-11/h2-4,11-12,22H,5-9H2,1H3,(H2,20,21,23). The molecule has 1 aliphatic carbocycles. The Morgan fingerprint density at radius 1 is 1.29 bits per heavy atom. The van der Waals surface area contributed by atoms with Crippen LogP contribution in [0.3, 0.4) is 0 Å². The molecule has 0 atom stereocenters. The number of anilines is 1. The SMILES string of the molecule is Cc1c(NC(=O)NC2CCC(O)CC2)cccc1OCC(F)(F)F. The zero-order chi connectivity index (χ0) is 17.7. The van der Waals surface area contributed by atoms with E-state index < -0.39 is 18.8 Å². The summed E-state index contributed by atoms with van der Waals surface area (Å²) in [6.07, 6.45) is -2.05. The molecule has 0 aromatic heterocycles. The van der Waals surface area contributed by atoms with E-state index in [9.17, 15) is 23.1 Å². The van der Waals surface area contributed by atoms with E-state index >= 15 is 0 Å². The van der Waals surface area contributed by atoms with Gasteiger partial charge in [0, 0.05) is 17.3 Å². The quantitative estimate of drug-likeness (QED) is 0.783. The minimum absolute atomic E-state index is 0.0154. The van der Waals surface area contributed by atoms with E-state index in [2.05, 4.69) is 10.6 Å². The van der Waals surface area contributed by atoms with Crippen LogP contribution in [0.1, 0.15) is 31.2 Å².